The predicted molar refractivity (Wildman–Crippen MR) is 99.4 cm³/mol. The van der Waals surface area contributed by atoms with Crippen molar-refractivity contribution in [3.8, 4) is 0 Å². The van der Waals surface area contributed by atoms with Crippen molar-refractivity contribution in [2.75, 3.05) is 0 Å². The number of rotatable bonds is 6. The van der Waals surface area contributed by atoms with E-state index in [9.17, 15) is 4.79 Å². The first-order chi connectivity index (χ1) is 12.2. The molecule has 1 aliphatic rings. The number of hydrogen-bond acceptors (Lipinski definition) is 4. The van der Waals surface area contributed by atoms with E-state index in [2.05, 4.69) is 23.5 Å². The lowest BCUT2D eigenvalue weighted by molar-refractivity contribution is -0.123. The van der Waals surface area contributed by atoms with Gasteiger partial charge in [0.25, 0.3) is 0 Å². The van der Waals surface area contributed by atoms with E-state index in [4.69, 9.17) is 9.40 Å². The van der Waals surface area contributed by atoms with Crippen LogP contribution in [0.15, 0.2) is 47.1 Å². The van der Waals surface area contributed by atoms with Crippen molar-refractivity contribution in [2.45, 2.75) is 45.1 Å². The van der Waals surface area contributed by atoms with Gasteiger partial charge in [0, 0.05) is 12.8 Å². The van der Waals surface area contributed by atoms with Gasteiger partial charge in [0.1, 0.15) is 5.76 Å². The molecule has 0 saturated heterocycles. The van der Waals surface area contributed by atoms with Crippen molar-refractivity contribution < 1.29 is 9.21 Å². The summed E-state index contributed by atoms with van der Waals surface area (Å²) in [5.74, 6) is 0.902. The van der Waals surface area contributed by atoms with E-state index in [0.717, 1.165) is 35.5 Å². The first kappa shape index (κ1) is 16.3. The Hall–Kier alpha value is -2.14. The van der Waals surface area contributed by atoms with Gasteiger partial charge in [-0.05, 0) is 42.5 Å². The van der Waals surface area contributed by atoms with E-state index in [1.807, 2.05) is 18.2 Å². The minimum absolute atomic E-state index is 0.0567. The fourth-order valence-electron chi connectivity index (χ4n) is 3.86. The Kier molecular flexibility index (Phi) is 4.57. The quantitative estimate of drug-likeness (QED) is 0.698. The summed E-state index contributed by atoms with van der Waals surface area (Å²) in [5, 5.41) is 4.15. The Morgan fingerprint density at radius 1 is 1.20 bits per heavy atom. The number of nitrogens with zero attached hydrogens (tertiary/aromatic N) is 1. The van der Waals surface area contributed by atoms with Gasteiger partial charge in [0.15, 0.2) is 0 Å². The minimum atomic E-state index is 0.0567. The van der Waals surface area contributed by atoms with Crippen LogP contribution in [0.3, 0.4) is 0 Å². The number of benzene rings is 1. The first-order valence-corrected chi connectivity index (χ1v) is 9.68. The van der Waals surface area contributed by atoms with Crippen LogP contribution in [0.4, 0.5) is 0 Å². The molecule has 1 aliphatic carbocycles. The van der Waals surface area contributed by atoms with Gasteiger partial charge in [-0.25, -0.2) is 4.98 Å². The first-order valence-electron chi connectivity index (χ1n) is 8.86. The molecule has 0 unspecified atom stereocenters. The zero-order valence-electron chi connectivity index (χ0n) is 14.2. The summed E-state index contributed by atoms with van der Waals surface area (Å²) >= 11 is 1.76. The van der Waals surface area contributed by atoms with E-state index >= 15 is 0 Å². The van der Waals surface area contributed by atoms with Gasteiger partial charge >= 0.3 is 0 Å². The van der Waals surface area contributed by atoms with Crippen LogP contribution >= 0.6 is 11.3 Å². The van der Waals surface area contributed by atoms with E-state index in [1.165, 1.54) is 17.5 Å². The molecule has 0 bridgehead atoms. The molecule has 1 fully saturated rings. The van der Waals surface area contributed by atoms with E-state index in [1.54, 1.807) is 17.6 Å². The van der Waals surface area contributed by atoms with Gasteiger partial charge in [-0.15, -0.1) is 11.3 Å². The molecule has 0 spiro atoms. The van der Waals surface area contributed by atoms with Crippen LogP contribution in [0.25, 0.3) is 10.2 Å². The lowest BCUT2D eigenvalue weighted by Gasteiger charge is -2.27. The van der Waals surface area contributed by atoms with Gasteiger partial charge < -0.3 is 9.73 Å². The highest BCUT2D eigenvalue weighted by molar-refractivity contribution is 7.18. The Morgan fingerprint density at radius 2 is 2.04 bits per heavy atom. The van der Waals surface area contributed by atoms with Gasteiger partial charge in [0.05, 0.1) is 28.0 Å². The molecular formula is C20H22N2O2S. The fourth-order valence-corrected chi connectivity index (χ4v) is 5.00. The number of para-hydroxylation sites is 1. The maximum atomic E-state index is 12.5. The number of thiazole rings is 1. The molecule has 0 atom stereocenters. The van der Waals surface area contributed by atoms with Crippen LogP contribution in [0.5, 0.6) is 0 Å². The number of fused-ring (bicyclic) bond motifs is 1. The van der Waals surface area contributed by atoms with Crippen LogP contribution in [-0.2, 0) is 17.8 Å². The lowest BCUT2D eigenvalue weighted by atomic mass is 9.79. The van der Waals surface area contributed by atoms with Crippen LogP contribution in [0.2, 0.25) is 0 Å². The standard InChI is InChI=1S/C20H22N2O2S/c23-18(21-14-15-6-5-11-24-15)12-20(9-3-4-10-20)13-19-22-16-7-1-2-8-17(16)25-19/h1-2,5-8,11H,3-4,9-10,12-14H2,(H,21,23). The number of amides is 1. The topological polar surface area (TPSA) is 55.1 Å². The highest BCUT2D eigenvalue weighted by atomic mass is 32.1. The van der Waals surface area contributed by atoms with Crippen molar-refractivity contribution in [1.82, 2.24) is 10.3 Å². The minimum Gasteiger partial charge on any atom is -0.467 e. The summed E-state index contributed by atoms with van der Waals surface area (Å²) in [6, 6.07) is 12.0. The van der Waals surface area contributed by atoms with E-state index in [-0.39, 0.29) is 11.3 Å². The number of hydrogen-bond donors (Lipinski definition) is 1. The molecule has 5 heteroatoms. The third kappa shape index (κ3) is 3.76. The Balaban J connectivity index is 1.44. The molecule has 25 heavy (non-hydrogen) atoms. The van der Waals surface area contributed by atoms with Crippen molar-refractivity contribution in [1.29, 1.82) is 0 Å². The molecule has 1 saturated carbocycles. The van der Waals surface area contributed by atoms with Crippen molar-refractivity contribution >= 4 is 27.5 Å². The molecule has 0 aliphatic heterocycles. The smallest absolute Gasteiger partial charge is 0.220 e. The summed E-state index contributed by atoms with van der Waals surface area (Å²) in [7, 11) is 0. The zero-order valence-corrected chi connectivity index (χ0v) is 15.0. The molecule has 130 valence electrons. The average molecular weight is 354 g/mol. The number of carbonyl (C=O) groups excluding carboxylic acids is 1. The van der Waals surface area contributed by atoms with Gasteiger partial charge in [-0.1, -0.05) is 25.0 Å². The monoisotopic (exact) mass is 354 g/mol. The fraction of sp³-hybridized carbons (Fsp3) is 0.400. The second-order valence-corrected chi connectivity index (χ2v) is 8.11. The summed E-state index contributed by atoms with van der Waals surface area (Å²) in [5.41, 5.74) is 1.12. The lowest BCUT2D eigenvalue weighted by Crippen LogP contribution is -2.31. The largest absolute Gasteiger partial charge is 0.467 e. The summed E-state index contributed by atoms with van der Waals surface area (Å²) in [6.07, 6.45) is 7.73. The molecule has 2 aromatic heterocycles. The Labute approximate surface area is 151 Å². The molecule has 1 amide bonds. The third-order valence-corrected chi connectivity index (χ3v) is 6.14. The predicted octanol–water partition coefficient (Wildman–Crippen LogP) is 4.70. The Morgan fingerprint density at radius 3 is 2.80 bits per heavy atom. The average Bonchev–Trinajstić information content (AvgIpc) is 3.33. The number of nitrogens with one attached hydrogen (secondary N) is 1. The van der Waals surface area contributed by atoms with Gasteiger partial charge in [-0.3, -0.25) is 4.79 Å². The summed E-state index contributed by atoms with van der Waals surface area (Å²) < 4.78 is 6.51. The Bertz CT molecular complexity index is 815. The highest BCUT2D eigenvalue weighted by Gasteiger charge is 2.37. The van der Waals surface area contributed by atoms with Crippen LogP contribution in [0.1, 0.15) is 42.9 Å². The van der Waals surface area contributed by atoms with Crippen molar-refractivity contribution in [2.24, 2.45) is 5.41 Å². The molecular weight excluding hydrogens is 332 g/mol. The molecule has 0 radical (unpaired) electrons. The molecule has 2 heterocycles. The van der Waals surface area contributed by atoms with Crippen LogP contribution < -0.4 is 5.32 Å². The number of carbonyl (C=O) groups is 1. The van der Waals surface area contributed by atoms with Gasteiger partial charge in [0.2, 0.25) is 5.91 Å². The molecule has 1 aromatic carbocycles. The summed E-state index contributed by atoms with van der Waals surface area (Å²) in [6.45, 7) is 0.461. The van der Waals surface area contributed by atoms with Crippen LogP contribution in [0, 0.1) is 5.41 Å². The maximum absolute atomic E-state index is 12.5. The second-order valence-electron chi connectivity index (χ2n) is 6.99. The molecule has 4 nitrogen and oxygen atoms in total. The molecule has 1 N–H and O–H groups in total. The van der Waals surface area contributed by atoms with Crippen molar-refractivity contribution in [3.05, 3.63) is 53.4 Å². The van der Waals surface area contributed by atoms with Crippen molar-refractivity contribution in [3.63, 3.8) is 0 Å². The summed E-state index contributed by atoms with van der Waals surface area (Å²) in [4.78, 5) is 17.3. The zero-order chi connectivity index (χ0) is 17.1. The van der Waals surface area contributed by atoms with E-state index in [0.29, 0.717) is 13.0 Å². The SMILES string of the molecule is O=C(CC1(Cc2nc3ccccc3s2)CCCC1)NCc1ccco1. The maximum Gasteiger partial charge on any atom is 0.220 e. The van der Waals surface area contributed by atoms with Crippen LogP contribution in [-0.4, -0.2) is 10.9 Å². The molecule has 4 rings (SSSR count). The van der Waals surface area contributed by atoms with E-state index < -0.39 is 0 Å². The second kappa shape index (κ2) is 7.00. The number of furan rings is 1. The van der Waals surface area contributed by atoms with Gasteiger partial charge in [-0.2, -0.15) is 0 Å². The normalized spacial score (nSPS) is 16.3. The third-order valence-electron chi connectivity index (χ3n) is 5.10. The highest BCUT2D eigenvalue weighted by Crippen LogP contribution is 2.44. The molecule has 3 aromatic rings. The number of aromatic nitrogens is 1.